The summed E-state index contributed by atoms with van der Waals surface area (Å²) in [6.07, 6.45) is -3.64. The van der Waals surface area contributed by atoms with Gasteiger partial charge >= 0.3 is 6.18 Å². The van der Waals surface area contributed by atoms with Crippen molar-refractivity contribution in [1.29, 1.82) is 0 Å². The molecular weight excluding hydrogens is 243 g/mol. The third-order valence-corrected chi connectivity index (χ3v) is 2.67. The van der Waals surface area contributed by atoms with Crippen LogP contribution in [-0.4, -0.2) is 36.4 Å². The average molecular weight is 253 g/mol. The van der Waals surface area contributed by atoms with E-state index in [-0.39, 0.29) is 17.6 Å². The van der Waals surface area contributed by atoms with Crippen molar-refractivity contribution in [3.63, 3.8) is 0 Å². The van der Waals surface area contributed by atoms with Crippen molar-refractivity contribution < 1.29 is 18.0 Å². The van der Waals surface area contributed by atoms with Gasteiger partial charge in [0.1, 0.15) is 4.88 Å². The van der Waals surface area contributed by atoms with Gasteiger partial charge in [-0.3, -0.25) is 4.79 Å². The van der Waals surface area contributed by atoms with Gasteiger partial charge in [0.15, 0.2) is 5.13 Å². The van der Waals surface area contributed by atoms with Crippen LogP contribution in [0.25, 0.3) is 0 Å². The molecule has 0 aliphatic rings. The Labute approximate surface area is 94.1 Å². The number of likely N-dealkylation sites (N-methyl/N-ethyl adjacent to an activating group) is 1. The Kier molecular flexibility index (Phi) is 3.74. The van der Waals surface area contributed by atoms with Crippen LogP contribution in [0.2, 0.25) is 0 Å². The highest BCUT2D eigenvalue weighted by Gasteiger charge is 2.33. The molecule has 1 rings (SSSR count). The lowest BCUT2D eigenvalue weighted by Crippen LogP contribution is -2.28. The van der Waals surface area contributed by atoms with Crippen LogP contribution in [0.15, 0.2) is 6.20 Å². The van der Waals surface area contributed by atoms with Crippen LogP contribution in [-0.2, 0) is 11.0 Å². The average Bonchev–Trinajstić information content (AvgIpc) is 2.61. The van der Waals surface area contributed by atoms with Crippen LogP contribution in [0, 0.1) is 0 Å². The number of carbonyl (C=O) groups is 1. The van der Waals surface area contributed by atoms with Gasteiger partial charge in [-0.15, -0.1) is 0 Å². The Morgan fingerprint density at radius 2 is 2.19 bits per heavy atom. The number of halogens is 3. The Hall–Kier alpha value is -1.31. The van der Waals surface area contributed by atoms with E-state index in [4.69, 9.17) is 0 Å². The largest absolute Gasteiger partial charge is 0.427 e. The third kappa shape index (κ3) is 3.37. The van der Waals surface area contributed by atoms with Crippen molar-refractivity contribution in [3.8, 4) is 0 Å². The van der Waals surface area contributed by atoms with E-state index in [2.05, 4.69) is 10.3 Å². The summed E-state index contributed by atoms with van der Waals surface area (Å²) in [7, 11) is 3.13. The smallest absolute Gasteiger partial charge is 0.352 e. The fraction of sp³-hybridized carbons (Fsp3) is 0.500. The molecule has 0 aromatic carbocycles. The molecule has 1 amide bonds. The molecule has 0 radical (unpaired) electrons. The normalized spacial score (nSPS) is 11.3. The second kappa shape index (κ2) is 4.69. The van der Waals surface area contributed by atoms with Gasteiger partial charge in [0, 0.05) is 14.1 Å². The molecule has 4 nitrogen and oxygen atoms in total. The number of nitrogens with one attached hydrogen (secondary N) is 1. The second-order valence-corrected chi connectivity index (χ2v) is 4.20. The van der Waals surface area contributed by atoms with E-state index >= 15 is 0 Å². The molecule has 16 heavy (non-hydrogen) atoms. The van der Waals surface area contributed by atoms with E-state index < -0.39 is 11.1 Å². The summed E-state index contributed by atoms with van der Waals surface area (Å²) >= 11 is 0.476. The van der Waals surface area contributed by atoms with Crippen LogP contribution >= 0.6 is 11.3 Å². The quantitative estimate of drug-likeness (QED) is 0.891. The molecule has 1 aromatic rings. The zero-order valence-electron chi connectivity index (χ0n) is 8.63. The summed E-state index contributed by atoms with van der Waals surface area (Å²) < 4.78 is 36.6. The van der Waals surface area contributed by atoms with E-state index in [1.165, 1.54) is 4.90 Å². The van der Waals surface area contributed by atoms with E-state index in [1.54, 1.807) is 14.1 Å². The van der Waals surface area contributed by atoms with Gasteiger partial charge in [0.25, 0.3) is 0 Å². The predicted molar refractivity (Wildman–Crippen MR) is 54.3 cm³/mol. The first-order valence-electron chi connectivity index (χ1n) is 4.27. The lowest BCUT2D eigenvalue weighted by molar-refractivity contribution is -0.134. The number of carbonyl (C=O) groups excluding carboxylic acids is 1. The van der Waals surface area contributed by atoms with Gasteiger partial charge < -0.3 is 10.2 Å². The SMILES string of the molecule is CN(C)C(=O)CNc1ncc(C(F)(F)F)s1. The van der Waals surface area contributed by atoms with Gasteiger partial charge in [-0.2, -0.15) is 13.2 Å². The molecule has 0 fully saturated rings. The Bertz CT molecular complexity index is 375. The van der Waals surface area contributed by atoms with Crippen LogP contribution in [0.3, 0.4) is 0 Å². The summed E-state index contributed by atoms with van der Waals surface area (Å²) in [6.45, 7) is -0.0716. The van der Waals surface area contributed by atoms with E-state index in [0.717, 1.165) is 6.20 Å². The number of hydrogen-bond donors (Lipinski definition) is 1. The highest BCUT2D eigenvalue weighted by atomic mass is 32.1. The zero-order chi connectivity index (χ0) is 12.3. The number of rotatable bonds is 3. The fourth-order valence-electron chi connectivity index (χ4n) is 0.796. The third-order valence-electron chi connectivity index (χ3n) is 1.67. The van der Waals surface area contributed by atoms with Gasteiger partial charge in [-0.25, -0.2) is 4.98 Å². The summed E-state index contributed by atoms with van der Waals surface area (Å²) in [5.74, 6) is -0.233. The summed E-state index contributed by atoms with van der Waals surface area (Å²) in [4.78, 5) is 15.2. The first kappa shape index (κ1) is 12.8. The predicted octanol–water partition coefficient (Wildman–Crippen LogP) is 1.66. The number of aromatic nitrogens is 1. The maximum absolute atomic E-state index is 12.2. The molecule has 0 spiro atoms. The van der Waals surface area contributed by atoms with Gasteiger partial charge in [-0.05, 0) is 0 Å². The first-order valence-corrected chi connectivity index (χ1v) is 5.09. The minimum absolute atomic E-state index is 0.0716. The van der Waals surface area contributed by atoms with Gasteiger partial charge in [0.2, 0.25) is 5.91 Å². The van der Waals surface area contributed by atoms with Crippen molar-refractivity contribution in [1.82, 2.24) is 9.88 Å². The van der Waals surface area contributed by atoms with Crippen LogP contribution in [0.4, 0.5) is 18.3 Å². The van der Waals surface area contributed by atoms with Gasteiger partial charge in [0.05, 0.1) is 12.7 Å². The maximum Gasteiger partial charge on any atom is 0.427 e. The van der Waals surface area contributed by atoms with Crippen molar-refractivity contribution in [3.05, 3.63) is 11.1 Å². The van der Waals surface area contributed by atoms with E-state index in [0.29, 0.717) is 11.3 Å². The number of nitrogens with zero attached hydrogens (tertiary/aromatic N) is 2. The summed E-state index contributed by atoms with van der Waals surface area (Å²) in [6, 6.07) is 0. The molecule has 0 bridgehead atoms. The van der Waals surface area contributed by atoms with Crippen molar-refractivity contribution >= 4 is 22.4 Å². The lowest BCUT2D eigenvalue weighted by Gasteiger charge is -2.09. The molecule has 1 heterocycles. The van der Waals surface area contributed by atoms with Crippen LogP contribution in [0.1, 0.15) is 4.88 Å². The molecule has 0 saturated carbocycles. The molecule has 0 aliphatic heterocycles. The standard InChI is InChI=1S/C8H10F3N3OS/c1-14(2)6(15)4-13-7-12-3-5(16-7)8(9,10)11/h3H,4H2,1-2H3,(H,12,13). The summed E-state index contributed by atoms with van der Waals surface area (Å²) in [5.41, 5.74) is 0. The Morgan fingerprint density at radius 1 is 1.56 bits per heavy atom. The highest BCUT2D eigenvalue weighted by Crippen LogP contribution is 2.34. The summed E-state index contributed by atoms with van der Waals surface area (Å²) in [5, 5.41) is 2.62. The highest BCUT2D eigenvalue weighted by molar-refractivity contribution is 7.15. The minimum atomic E-state index is -4.39. The molecule has 8 heteroatoms. The Balaban J connectivity index is 2.57. The lowest BCUT2D eigenvalue weighted by atomic mass is 10.5. The fourth-order valence-corrected chi connectivity index (χ4v) is 1.48. The monoisotopic (exact) mass is 253 g/mol. The molecule has 1 aromatic heterocycles. The maximum atomic E-state index is 12.2. The number of amides is 1. The number of anilines is 1. The van der Waals surface area contributed by atoms with Crippen LogP contribution < -0.4 is 5.32 Å². The zero-order valence-corrected chi connectivity index (χ0v) is 9.45. The molecule has 90 valence electrons. The number of alkyl halides is 3. The number of hydrogen-bond acceptors (Lipinski definition) is 4. The van der Waals surface area contributed by atoms with Crippen LogP contribution in [0.5, 0.6) is 0 Å². The molecular formula is C8H10F3N3OS. The first-order chi connectivity index (χ1) is 7.30. The van der Waals surface area contributed by atoms with Crippen molar-refractivity contribution in [2.75, 3.05) is 26.0 Å². The molecule has 0 aliphatic carbocycles. The van der Waals surface area contributed by atoms with Gasteiger partial charge in [-0.1, -0.05) is 11.3 Å². The Morgan fingerprint density at radius 3 is 2.62 bits per heavy atom. The number of thiazole rings is 1. The van der Waals surface area contributed by atoms with E-state index in [9.17, 15) is 18.0 Å². The van der Waals surface area contributed by atoms with Crippen molar-refractivity contribution in [2.45, 2.75) is 6.18 Å². The molecule has 0 saturated heterocycles. The molecule has 0 unspecified atom stereocenters. The molecule has 1 N–H and O–H groups in total. The second-order valence-electron chi connectivity index (χ2n) is 3.17. The minimum Gasteiger partial charge on any atom is -0.352 e. The van der Waals surface area contributed by atoms with E-state index in [1.807, 2.05) is 0 Å². The molecule has 0 atom stereocenters. The topological polar surface area (TPSA) is 45.2 Å². The van der Waals surface area contributed by atoms with Crippen molar-refractivity contribution in [2.24, 2.45) is 0 Å².